The number of nitro groups is 2. The summed E-state index contributed by atoms with van der Waals surface area (Å²) in [6.07, 6.45) is 0. The van der Waals surface area contributed by atoms with Gasteiger partial charge in [-0.05, 0) is 12.1 Å². The van der Waals surface area contributed by atoms with E-state index in [0.717, 1.165) is 0 Å². The lowest BCUT2D eigenvalue weighted by atomic mass is 10.1. The first-order chi connectivity index (χ1) is 15.6. The molecular formula is C20H21N5O7. The molecule has 0 radical (unpaired) electrons. The molecule has 0 spiro atoms. The Labute approximate surface area is 182 Å². The van der Waals surface area contributed by atoms with E-state index < -0.39 is 15.5 Å². The Morgan fingerprint density at radius 1 is 0.781 bits per heavy atom. The molecule has 0 unspecified atom stereocenters. The molecule has 3 heterocycles. The first kappa shape index (κ1) is 20.3. The quantitative estimate of drug-likeness (QED) is 0.474. The Morgan fingerprint density at radius 2 is 1.34 bits per heavy atom. The van der Waals surface area contributed by atoms with E-state index in [1.807, 2.05) is 4.90 Å². The molecule has 0 bridgehead atoms. The molecule has 32 heavy (non-hydrogen) atoms. The van der Waals surface area contributed by atoms with Gasteiger partial charge in [-0.3, -0.25) is 20.2 Å². The van der Waals surface area contributed by atoms with Gasteiger partial charge in [-0.25, -0.2) is 0 Å². The van der Waals surface area contributed by atoms with Crippen LogP contribution in [0.1, 0.15) is 0 Å². The minimum absolute atomic E-state index is 0.000935. The highest BCUT2D eigenvalue weighted by atomic mass is 16.6. The predicted molar refractivity (Wildman–Crippen MR) is 114 cm³/mol. The number of morpholine rings is 1. The molecule has 5 rings (SSSR count). The van der Waals surface area contributed by atoms with Crippen LogP contribution in [0, 0.1) is 20.2 Å². The first-order valence-corrected chi connectivity index (χ1v) is 10.3. The van der Waals surface area contributed by atoms with Crippen molar-refractivity contribution in [3.8, 4) is 23.0 Å². The van der Waals surface area contributed by atoms with Gasteiger partial charge >= 0.3 is 11.4 Å². The molecule has 0 saturated carbocycles. The smallest absolute Gasteiger partial charge is 0.345 e. The first-order valence-electron chi connectivity index (χ1n) is 10.3. The molecule has 168 valence electrons. The Morgan fingerprint density at radius 3 is 1.94 bits per heavy atom. The molecule has 0 aromatic heterocycles. The van der Waals surface area contributed by atoms with Crippen molar-refractivity contribution in [3.05, 3.63) is 44.5 Å². The van der Waals surface area contributed by atoms with E-state index in [2.05, 4.69) is 5.32 Å². The van der Waals surface area contributed by atoms with Crippen molar-refractivity contribution < 1.29 is 24.1 Å². The average Bonchev–Trinajstić information content (AvgIpc) is 2.82. The van der Waals surface area contributed by atoms with E-state index in [4.69, 9.17) is 14.2 Å². The molecule has 2 aromatic carbocycles. The fraction of sp³-hybridized carbons (Fsp3) is 0.400. The molecular weight excluding hydrogens is 422 g/mol. The molecule has 3 aliphatic heterocycles. The maximum absolute atomic E-state index is 12.4. The van der Waals surface area contributed by atoms with E-state index >= 15 is 0 Å². The van der Waals surface area contributed by atoms with Crippen molar-refractivity contribution in [3.63, 3.8) is 0 Å². The van der Waals surface area contributed by atoms with Crippen LogP contribution in [-0.2, 0) is 4.74 Å². The number of ether oxygens (including phenoxy) is 3. The topological polar surface area (TPSA) is 132 Å². The Kier molecular flexibility index (Phi) is 5.15. The van der Waals surface area contributed by atoms with Gasteiger partial charge in [-0.2, -0.15) is 0 Å². The highest BCUT2D eigenvalue weighted by Gasteiger charge is 2.45. The third kappa shape index (κ3) is 3.33. The fourth-order valence-corrected chi connectivity index (χ4v) is 4.29. The zero-order valence-electron chi connectivity index (χ0n) is 17.1. The van der Waals surface area contributed by atoms with Gasteiger partial charge in [0.25, 0.3) is 5.75 Å². The van der Waals surface area contributed by atoms with Crippen molar-refractivity contribution in [2.75, 3.05) is 62.3 Å². The maximum atomic E-state index is 12.4. The summed E-state index contributed by atoms with van der Waals surface area (Å²) in [5.41, 5.74) is -0.684. The highest BCUT2D eigenvalue weighted by molar-refractivity contribution is 5.95. The van der Waals surface area contributed by atoms with E-state index in [9.17, 15) is 20.2 Å². The van der Waals surface area contributed by atoms with Crippen molar-refractivity contribution in [1.82, 2.24) is 5.32 Å². The second kappa shape index (κ2) is 8.13. The lowest BCUT2D eigenvalue weighted by Gasteiger charge is -2.34. The summed E-state index contributed by atoms with van der Waals surface area (Å²) >= 11 is 0. The van der Waals surface area contributed by atoms with Crippen molar-refractivity contribution >= 4 is 22.7 Å². The zero-order chi connectivity index (χ0) is 22.2. The number of hydrogen-bond acceptors (Lipinski definition) is 10. The van der Waals surface area contributed by atoms with E-state index in [0.29, 0.717) is 64.0 Å². The van der Waals surface area contributed by atoms with Crippen molar-refractivity contribution in [2.45, 2.75) is 0 Å². The molecule has 0 amide bonds. The van der Waals surface area contributed by atoms with Gasteiger partial charge in [0.1, 0.15) is 0 Å². The number of nitro benzene ring substituents is 2. The van der Waals surface area contributed by atoms with Gasteiger partial charge in [-0.1, -0.05) is 12.1 Å². The van der Waals surface area contributed by atoms with Crippen LogP contribution < -0.4 is 24.6 Å². The van der Waals surface area contributed by atoms with Gasteiger partial charge in [0.05, 0.1) is 23.1 Å². The van der Waals surface area contributed by atoms with Crippen LogP contribution in [0.15, 0.2) is 24.3 Å². The molecule has 12 heteroatoms. The molecule has 2 saturated heterocycles. The number of nitrogens with zero attached hydrogens (tertiary/aromatic N) is 4. The largest absolute Gasteiger partial charge is 0.447 e. The summed E-state index contributed by atoms with van der Waals surface area (Å²) in [4.78, 5) is 27.0. The maximum Gasteiger partial charge on any atom is 0.345 e. The lowest BCUT2D eigenvalue weighted by Crippen LogP contribution is -2.44. The number of para-hydroxylation sites is 2. The fourth-order valence-electron chi connectivity index (χ4n) is 4.29. The van der Waals surface area contributed by atoms with E-state index in [1.165, 1.54) is 0 Å². The number of anilines is 2. The third-order valence-electron chi connectivity index (χ3n) is 5.71. The molecule has 12 nitrogen and oxygen atoms in total. The standard InChI is InChI=1S/C20H21N5O7/c26-24(27)16-15(23-9-11-30-12-10-23)18(25(28)29)20-19(17(16)22-7-5-21-6-8-22)31-13-3-1-2-4-14(13)32-20/h1-4,21H,5-12H2. The summed E-state index contributed by atoms with van der Waals surface area (Å²) in [5, 5.41) is 27.9. The van der Waals surface area contributed by atoms with Crippen LogP contribution in [0.2, 0.25) is 0 Å². The Hall–Kier alpha value is -3.64. The van der Waals surface area contributed by atoms with E-state index in [1.54, 1.807) is 29.2 Å². The van der Waals surface area contributed by atoms with Crippen molar-refractivity contribution in [1.29, 1.82) is 0 Å². The van der Waals surface area contributed by atoms with Gasteiger partial charge < -0.3 is 29.3 Å². The van der Waals surface area contributed by atoms with Crippen LogP contribution in [0.5, 0.6) is 23.0 Å². The number of nitrogens with one attached hydrogen (secondary N) is 1. The summed E-state index contributed by atoms with van der Waals surface area (Å²) < 4.78 is 17.4. The zero-order valence-corrected chi connectivity index (χ0v) is 17.1. The number of piperazine rings is 1. The van der Waals surface area contributed by atoms with Gasteiger partial charge in [0.2, 0.25) is 11.4 Å². The van der Waals surface area contributed by atoms with Gasteiger partial charge in [0, 0.05) is 39.3 Å². The summed E-state index contributed by atoms with van der Waals surface area (Å²) in [6.45, 7) is 3.42. The van der Waals surface area contributed by atoms with E-state index in [-0.39, 0.29) is 28.6 Å². The monoisotopic (exact) mass is 443 g/mol. The second-order valence-corrected chi connectivity index (χ2v) is 7.55. The van der Waals surface area contributed by atoms with Gasteiger partial charge in [-0.15, -0.1) is 0 Å². The van der Waals surface area contributed by atoms with Gasteiger partial charge in [0.15, 0.2) is 17.2 Å². The molecule has 2 fully saturated rings. The van der Waals surface area contributed by atoms with Crippen LogP contribution in [0.25, 0.3) is 0 Å². The van der Waals surface area contributed by atoms with Crippen LogP contribution in [0.3, 0.4) is 0 Å². The Balaban J connectivity index is 1.82. The minimum Gasteiger partial charge on any atom is -0.447 e. The van der Waals surface area contributed by atoms with Crippen molar-refractivity contribution in [2.24, 2.45) is 0 Å². The number of fused-ring (bicyclic) bond motifs is 2. The highest BCUT2D eigenvalue weighted by Crippen LogP contribution is 2.61. The normalized spacial score (nSPS) is 17.6. The van der Waals surface area contributed by atoms with Crippen LogP contribution in [0.4, 0.5) is 22.7 Å². The molecule has 3 aliphatic rings. The average molecular weight is 443 g/mol. The number of hydrogen-bond donors (Lipinski definition) is 1. The number of rotatable bonds is 4. The number of benzene rings is 2. The Bertz CT molecular complexity index is 1080. The van der Waals surface area contributed by atoms with Crippen LogP contribution >= 0.6 is 0 Å². The molecule has 0 atom stereocenters. The van der Waals surface area contributed by atoms with Crippen LogP contribution in [-0.4, -0.2) is 62.3 Å². The minimum atomic E-state index is -0.630. The predicted octanol–water partition coefficient (Wildman–Crippen LogP) is 2.65. The molecule has 0 aliphatic carbocycles. The molecule has 2 aromatic rings. The third-order valence-corrected chi connectivity index (χ3v) is 5.71. The summed E-state index contributed by atoms with van der Waals surface area (Å²) in [6, 6.07) is 6.77. The summed E-state index contributed by atoms with van der Waals surface area (Å²) in [7, 11) is 0. The second-order valence-electron chi connectivity index (χ2n) is 7.55. The molecule has 1 N–H and O–H groups in total. The SMILES string of the molecule is O=[N+]([O-])c1c2c(c(N3CCNCC3)c([N+](=O)[O-])c1N1CCOCC1)Oc1ccccc1O2. The summed E-state index contributed by atoms with van der Waals surface area (Å²) in [5.74, 6) is 0.547. The lowest BCUT2D eigenvalue weighted by molar-refractivity contribution is -0.392.